The standard InChI is InChI=1S/C20H22ClN7O4S2/c1-8(6-33-20-25-10-3-2-9(22)4-12(10)34-20)24-16-13-17(27-19(21)26-16)28(7-23-13)18-15(31)14(30)11(5-29)32-18/h2-4,7-8,11,14-15,18,29-31H,5-6,22H2,1H3,(H,24,26,27)/t8-,11-,14?,15?,18-/m1/s1. The van der Waals surface area contributed by atoms with Crippen molar-refractivity contribution in [2.24, 2.45) is 0 Å². The topological polar surface area (TPSA) is 164 Å². The van der Waals surface area contributed by atoms with Crippen molar-refractivity contribution in [1.29, 1.82) is 0 Å². The van der Waals surface area contributed by atoms with Gasteiger partial charge in [0.25, 0.3) is 0 Å². The first-order chi connectivity index (χ1) is 16.3. The molecular formula is C20H22ClN7O4S2. The molecule has 3 aromatic heterocycles. The fourth-order valence-corrected chi connectivity index (χ4v) is 6.00. The second kappa shape index (κ2) is 9.41. The molecule has 0 aliphatic carbocycles. The largest absolute Gasteiger partial charge is 0.399 e. The number of fused-ring (bicyclic) bond motifs is 2. The molecule has 0 saturated carbocycles. The molecule has 0 radical (unpaired) electrons. The molecule has 6 N–H and O–H groups in total. The average Bonchev–Trinajstić information content (AvgIpc) is 3.48. The Balaban J connectivity index is 1.33. The number of nitrogens with two attached hydrogens (primary N) is 1. The number of halogens is 1. The molecule has 0 spiro atoms. The van der Waals surface area contributed by atoms with E-state index < -0.39 is 31.1 Å². The zero-order valence-electron chi connectivity index (χ0n) is 17.9. The van der Waals surface area contributed by atoms with Crippen LogP contribution in [0.4, 0.5) is 11.5 Å². The van der Waals surface area contributed by atoms with Gasteiger partial charge < -0.3 is 31.1 Å². The third-order valence-corrected chi connectivity index (χ3v) is 8.01. The summed E-state index contributed by atoms with van der Waals surface area (Å²) >= 11 is 9.38. The maximum absolute atomic E-state index is 10.4. The monoisotopic (exact) mass is 523 g/mol. The first kappa shape index (κ1) is 23.5. The molecule has 1 aromatic carbocycles. The van der Waals surface area contributed by atoms with E-state index in [1.807, 2.05) is 25.1 Å². The van der Waals surface area contributed by atoms with Crippen molar-refractivity contribution in [3.8, 4) is 0 Å². The Hall–Kier alpha value is -2.26. The SMILES string of the molecule is C[C@H](CSc1nc2ccc(N)cc2s1)Nc1nc(Cl)nc2c1ncn2[C@@H]1O[C@H](CO)C(O)C1O. The highest BCUT2D eigenvalue weighted by Crippen LogP contribution is 2.34. The Kier molecular flexibility index (Phi) is 6.50. The fourth-order valence-electron chi connectivity index (χ4n) is 3.74. The molecule has 0 bridgehead atoms. The summed E-state index contributed by atoms with van der Waals surface area (Å²) in [5, 5.41) is 33.1. The van der Waals surface area contributed by atoms with Gasteiger partial charge in [-0.15, -0.1) is 11.3 Å². The smallest absolute Gasteiger partial charge is 0.226 e. The van der Waals surface area contributed by atoms with E-state index in [0.29, 0.717) is 28.4 Å². The van der Waals surface area contributed by atoms with Crippen molar-refractivity contribution < 1.29 is 20.1 Å². The van der Waals surface area contributed by atoms with Crippen LogP contribution in [0.25, 0.3) is 21.4 Å². The van der Waals surface area contributed by atoms with Gasteiger partial charge in [-0.25, -0.2) is 9.97 Å². The number of nitrogen functional groups attached to an aromatic ring is 1. The number of ether oxygens (including phenoxy) is 1. The molecule has 5 rings (SSSR count). The second-order valence-electron chi connectivity index (χ2n) is 7.96. The summed E-state index contributed by atoms with van der Waals surface area (Å²) in [4.78, 5) is 17.5. The molecule has 34 heavy (non-hydrogen) atoms. The number of aliphatic hydroxyl groups excluding tert-OH is 3. The molecule has 1 aliphatic heterocycles. The summed E-state index contributed by atoms with van der Waals surface area (Å²) in [6, 6.07) is 5.65. The van der Waals surface area contributed by atoms with Crippen LogP contribution >= 0.6 is 34.7 Å². The van der Waals surface area contributed by atoms with E-state index in [4.69, 9.17) is 22.1 Å². The molecule has 1 saturated heterocycles. The molecular weight excluding hydrogens is 502 g/mol. The number of thioether (sulfide) groups is 1. The summed E-state index contributed by atoms with van der Waals surface area (Å²) in [5.74, 6) is 1.14. The van der Waals surface area contributed by atoms with E-state index in [2.05, 4.69) is 25.3 Å². The van der Waals surface area contributed by atoms with E-state index in [0.717, 1.165) is 14.6 Å². The molecule has 1 fully saturated rings. The van der Waals surface area contributed by atoms with Crippen molar-refractivity contribution in [3.05, 3.63) is 29.8 Å². The molecule has 5 atom stereocenters. The van der Waals surface area contributed by atoms with Gasteiger partial charge in [-0.3, -0.25) is 4.57 Å². The van der Waals surface area contributed by atoms with Crippen LogP contribution in [0.3, 0.4) is 0 Å². The van der Waals surface area contributed by atoms with Crippen molar-refractivity contribution in [2.75, 3.05) is 23.4 Å². The van der Waals surface area contributed by atoms with Crippen LogP contribution in [-0.2, 0) is 4.74 Å². The molecule has 2 unspecified atom stereocenters. The summed E-state index contributed by atoms with van der Waals surface area (Å²) in [7, 11) is 0. The zero-order valence-corrected chi connectivity index (χ0v) is 20.3. The summed E-state index contributed by atoms with van der Waals surface area (Å²) < 4.78 is 9.06. The Bertz CT molecular complexity index is 1340. The number of nitrogens with zero attached hydrogens (tertiary/aromatic N) is 5. The van der Waals surface area contributed by atoms with Crippen LogP contribution in [0.5, 0.6) is 0 Å². The molecule has 11 nitrogen and oxygen atoms in total. The molecule has 14 heteroatoms. The molecule has 180 valence electrons. The van der Waals surface area contributed by atoms with Crippen LogP contribution < -0.4 is 11.1 Å². The number of aliphatic hydroxyl groups is 3. The van der Waals surface area contributed by atoms with Gasteiger partial charge in [0.1, 0.15) is 18.3 Å². The number of aromatic nitrogens is 5. The van der Waals surface area contributed by atoms with Gasteiger partial charge in [0, 0.05) is 17.5 Å². The lowest BCUT2D eigenvalue weighted by atomic mass is 10.1. The maximum Gasteiger partial charge on any atom is 0.226 e. The van der Waals surface area contributed by atoms with E-state index in [9.17, 15) is 15.3 Å². The van der Waals surface area contributed by atoms with Gasteiger partial charge in [-0.1, -0.05) is 11.8 Å². The fraction of sp³-hybridized carbons (Fsp3) is 0.400. The maximum atomic E-state index is 10.4. The minimum atomic E-state index is -1.26. The first-order valence-electron chi connectivity index (χ1n) is 10.4. The predicted molar refractivity (Wildman–Crippen MR) is 131 cm³/mol. The highest BCUT2D eigenvalue weighted by molar-refractivity contribution is 8.01. The lowest BCUT2D eigenvalue weighted by Gasteiger charge is -2.17. The van der Waals surface area contributed by atoms with Gasteiger partial charge in [-0.05, 0) is 36.7 Å². The number of imidazole rings is 1. The minimum absolute atomic E-state index is 0.00731. The minimum Gasteiger partial charge on any atom is -0.399 e. The highest BCUT2D eigenvalue weighted by atomic mass is 35.5. The summed E-state index contributed by atoms with van der Waals surface area (Å²) in [6.07, 6.45) is -2.95. The van der Waals surface area contributed by atoms with E-state index in [1.165, 1.54) is 10.9 Å². The number of benzene rings is 1. The lowest BCUT2D eigenvalue weighted by Crippen LogP contribution is -2.33. The highest BCUT2D eigenvalue weighted by Gasteiger charge is 2.44. The van der Waals surface area contributed by atoms with E-state index in [-0.39, 0.29) is 11.3 Å². The van der Waals surface area contributed by atoms with Crippen LogP contribution in [0.15, 0.2) is 28.9 Å². The lowest BCUT2D eigenvalue weighted by molar-refractivity contribution is -0.0511. The molecule has 4 heterocycles. The van der Waals surface area contributed by atoms with Crippen LogP contribution in [0.1, 0.15) is 13.2 Å². The number of nitrogens with one attached hydrogen (secondary N) is 1. The molecule has 1 aliphatic rings. The Morgan fingerprint density at radius 3 is 2.88 bits per heavy atom. The Labute approximate surface area is 207 Å². The van der Waals surface area contributed by atoms with Crippen LogP contribution in [0.2, 0.25) is 5.28 Å². The van der Waals surface area contributed by atoms with Gasteiger partial charge >= 0.3 is 0 Å². The molecule has 0 amide bonds. The Morgan fingerprint density at radius 2 is 2.12 bits per heavy atom. The number of rotatable bonds is 7. The Morgan fingerprint density at radius 1 is 1.29 bits per heavy atom. The van der Waals surface area contributed by atoms with Crippen LogP contribution in [-0.4, -0.2) is 76.5 Å². The van der Waals surface area contributed by atoms with Crippen molar-refractivity contribution in [1.82, 2.24) is 24.5 Å². The van der Waals surface area contributed by atoms with Crippen molar-refractivity contribution >= 4 is 67.6 Å². The number of thiazole rings is 1. The van der Waals surface area contributed by atoms with Crippen LogP contribution in [0, 0.1) is 0 Å². The van der Waals surface area contributed by atoms with Gasteiger partial charge in [0.2, 0.25) is 5.28 Å². The normalized spacial score (nSPS) is 23.7. The predicted octanol–water partition coefficient (Wildman–Crippen LogP) is 1.88. The number of hydrogen-bond acceptors (Lipinski definition) is 12. The third kappa shape index (κ3) is 4.40. The van der Waals surface area contributed by atoms with E-state index in [1.54, 1.807) is 23.1 Å². The molecule has 4 aromatic rings. The zero-order chi connectivity index (χ0) is 24.0. The third-order valence-electron chi connectivity index (χ3n) is 5.42. The summed E-state index contributed by atoms with van der Waals surface area (Å²) in [6.45, 7) is 1.57. The van der Waals surface area contributed by atoms with Gasteiger partial charge in [-0.2, -0.15) is 9.97 Å². The quantitative estimate of drug-likeness (QED) is 0.136. The average molecular weight is 524 g/mol. The van der Waals surface area contributed by atoms with Gasteiger partial charge in [0.15, 0.2) is 27.5 Å². The number of hydrogen-bond donors (Lipinski definition) is 5. The van der Waals surface area contributed by atoms with Crippen molar-refractivity contribution in [2.45, 2.75) is 41.8 Å². The van der Waals surface area contributed by atoms with Crippen molar-refractivity contribution in [3.63, 3.8) is 0 Å². The van der Waals surface area contributed by atoms with Gasteiger partial charge in [0.05, 0.1) is 23.2 Å². The first-order valence-corrected chi connectivity index (χ1v) is 12.6. The second-order valence-corrected chi connectivity index (χ2v) is 10.6. The number of anilines is 2. The van der Waals surface area contributed by atoms with E-state index >= 15 is 0 Å². The summed E-state index contributed by atoms with van der Waals surface area (Å²) in [5.41, 5.74) is 8.26.